The van der Waals surface area contributed by atoms with Gasteiger partial charge >= 0.3 is 5.69 Å². The number of hydrogen-bond donors (Lipinski definition) is 0. The zero-order valence-electron chi connectivity index (χ0n) is 14.2. The SMILES string of the molecule is Cn1c(=O)c2c(ncn2CCCCS(=O)c2ccccc2)n(C)c1=O. The molecule has 7 nitrogen and oxygen atoms in total. The molecule has 0 fully saturated rings. The van der Waals surface area contributed by atoms with Gasteiger partial charge in [-0.15, -0.1) is 0 Å². The molecule has 25 heavy (non-hydrogen) atoms. The van der Waals surface area contributed by atoms with Gasteiger partial charge in [-0.05, 0) is 25.0 Å². The highest BCUT2D eigenvalue weighted by molar-refractivity contribution is 7.85. The van der Waals surface area contributed by atoms with E-state index in [9.17, 15) is 13.8 Å². The van der Waals surface area contributed by atoms with E-state index in [0.717, 1.165) is 22.3 Å². The molecule has 0 aliphatic carbocycles. The van der Waals surface area contributed by atoms with Crippen LogP contribution in [0.2, 0.25) is 0 Å². The highest BCUT2D eigenvalue weighted by Crippen LogP contribution is 2.10. The van der Waals surface area contributed by atoms with Crippen molar-refractivity contribution in [3.05, 3.63) is 57.5 Å². The van der Waals surface area contributed by atoms with Gasteiger partial charge in [0.2, 0.25) is 0 Å². The standard InChI is InChI=1S/C17H20N4O3S/c1-19-15-14(16(22)20(2)17(19)23)21(12-18-15)10-6-7-11-25(24)13-8-4-3-5-9-13/h3-5,8-9,12H,6-7,10-11H2,1-2H3. The highest BCUT2D eigenvalue weighted by Gasteiger charge is 2.14. The topological polar surface area (TPSA) is 78.9 Å². The largest absolute Gasteiger partial charge is 0.332 e. The number of benzene rings is 1. The van der Waals surface area contributed by atoms with Crippen molar-refractivity contribution in [2.75, 3.05) is 5.75 Å². The predicted octanol–water partition coefficient (Wildman–Crippen LogP) is 1.02. The lowest BCUT2D eigenvalue weighted by atomic mass is 10.3. The van der Waals surface area contributed by atoms with Gasteiger partial charge in [0, 0.05) is 31.3 Å². The molecule has 2 aromatic heterocycles. The summed E-state index contributed by atoms with van der Waals surface area (Å²) in [6.07, 6.45) is 3.13. The number of hydrogen-bond acceptors (Lipinski definition) is 4. The van der Waals surface area contributed by atoms with E-state index in [1.807, 2.05) is 30.3 Å². The second-order valence-corrected chi connectivity index (χ2v) is 7.46. The van der Waals surface area contributed by atoms with Crippen molar-refractivity contribution < 1.29 is 4.21 Å². The maximum atomic E-state index is 12.3. The van der Waals surface area contributed by atoms with Crippen LogP contribution < -0.4 is 11.2 Å². The fraction of sp³-hybridized carbons (Fsp3) is 0.353. The maximum absolute atomic E-state index is 12.3. The summed E-state index contributed by atoms with van der Waals surface area (Å²) in [5.74, 6) is 0.577. The number of imidazole rings is 1. The van der Waals surface area contributed by atoms with Crippen LogP contribution in [0.4, 0.5) is 0 Å². The molecule has 1 atom stereocenters. The van der Waals surface area contributed by atoms with Crippen LogP contribution in [0.25, 0.3) is 11.2 Å². The smallest absolute Gasteiger partial charge is 0.325 e. The van der Waals surface area contributed by atoms with Crippen molar-refractivity contribution in [3.63, 3.8) is 0 Å². The number of unbranched alkanes of at least 4 members (excludes halogenated alkanes) is 1. The Morgan fingerprint density at radius 3 is 2.48 bits per heavy atom. The zero-order valence-corrected chi connectivity index (χ0v) is 15.0. The number of fused-ring (bicyclic) bond motifs is 1. The Balaban J connectivity index is 1.69. The molecule has 3 rings (SSSR count). The first-order valence-corrected chi connectivity index (χ1v) is 9.37. The molecule has 0 aliphatic heterocycles. The fourth-order valence-electron chi connectivity index (χ4n) is 2.77. The number of aryl methyl sites for hydroxylation is 2. The normalized spacial score (nSPS) is 12.6. The van der Waals surface area contributed by atoms with E-state index in [4.69, 9.17) is 0 Å². The summed E-state index contributed by atoms with van der Waals surface area (Å²) >= 11 is 0. The van der Waals surface area contributed by atoms with Crippen LogP contribution in [0.15, 0.2) is 51.1 Å². The van der Waals surface area contributed by atoms with Gasteiger partial charge < -0.3 is 4.57 Å². The molecular formula is C17H20N4O3S. The summed E-state index contributed by atoms with van der Waals surface area (Å²) < 4.78 is 16.4. The molecule has 0 aliphatic rings. The Labute approximate surface area is 147 Å². The maximum Gasteiger partial charge on any atom is 0.332 e. The molecule has 0 amide bonds. The Bertz CT molecular complexity index is 1030. The molecule has 3 aromatic rings. The van der Waals surface area contributed by atoms with E-state index < -0.39 is 10.8 Å². The van der Waals surface area contributed by atoms with Crippen molar-refractivity contribution in [2.45, 2.75) is 24.3 Å². The minimum Gasteiger partial charge on any atom is -0.325 e. The van der Waals surface area contributed by atoms with Crippen LogP contribution in [0.1, 0.15) is 12.8 Å². The van der Waals surface area contributed by atoms with Crippen molar-refractivity contribution in [2.24, 2.45) is 14.1 Å². The molecule has 0 N–H and O–H groups in total. The summed E-state index contributed by atoms with van der Waals surface area (Å²) in [4.78, 5) is 29.3. The Morgan fingerprint density at radius 2 is 1.76 bits per heavy atom. The predicted molar refractivity (Wildman–Crippen MR) is 97.2 cm³/mol. The van der Waals surface area contributed by atoms with Crippen LogP contribution >= 0.6 is 0 Å². The quantitative estimate of drug-likeness (QED) is 0.615. The van der Waals surface area contributed by atoms with Crippen molar-refractivity contribution in [1.29, 1.82) is 0 Å². The van der Waals surface area contributed by atoms with Gasteiger partial charge in [0.1, 0.15) is 0 Å². The minimum atomic E-state index is -1.01. The lowest BCUT2D eigenvalue weighted by Crippen LogP contribution is -2.37. The number of nitrogens with zero attached hydrogens (tertiary/aromatic N) is 4. The van der Waals surface area contributed by atoms with E-state index >= 15 is 0 Å². The van der Waals surface area contributed by atoms with Crippen molar-refractivity contribution >= 4 is 22.0 Å². The van der Waals surface area contributed by atoms with E-state index in [1.54, 1.807) is 17.9 Å². The van der Waals surface area contributed by atoms with Gasteiger partial charge in [0.05, 0.1) is 17.1 Å². The molecule has 2 heterocycles. The Morgan fingerprint density at radius 1 is 1.04 bits per heavy atom. The van der Waals surface area contributed by atoms with Crippen LogP contribution in [-0.2, 0) is 31.4 Å². The first-order chi connectivity index (χ1) is 12.0. The third kappa shape index (κ3) is 3.34. The van der Waals surface area contributed by atoms with E-state index in [0.29, 0.717) is 23.5 Å². The second kappa shape index (κ2) is 7.18. The van der Waals surface area contributed by atoms with E-state index in [2.05, 4.69) is 4.98 Å². The molecule has 132 valence electrons. The lowest BCUT2D eigenvalue weighted by molar-refractivity contribution is 0.633. The van der Waals surface area contributed by atoms with Crippen LogP contribution in [0.5, 0.6) is 0 Å². The van der Waals surface area contributed by atoms with Gasteiger partial charge in [0.25, 0.3) is 5.56 Å². The molecule has 0 bridgehead atoms. The van der Waals surface area contributed by atoms with Crippen molar-refractivity contribution in [1.82, 2.24) is 18.7 Å². The van der Waals surface area contributed by atoms with E-state index in [-0.39, 0.29) is 11.2 Å². The van der Waals surface area contributed by atoms with Gasteiger partial charge in [-0.1, -0.05) is 18.2 Å². The summed E-state index contributed by atoms with van der Waals surface area (Å²) in [5.41, 5.74) is 0.0826. The van der Waals surface area contributed by atoms with Crippen molar-refractivity contribution in [3.8, 4) is 0 Å². The van der Waals surface area contributed by atoms with Gasteiger partial charge in [-0.25, -0.2) is 9.78 Å². The summed E-state index contributed by atoms with van der Waals surface area (Å²) in [7, 11) is 2.05. The molecule has 1 unspecified atom stereocenters. The zero-order chi connectivity index (χ0) is 18.0. The van der Waals surface area contributed by atoms with Crippen LogP contribution in [0.3, 0.4) is 0 Å². The molecule has 0 spiro atoms. The van der Waals surface area contributed by atoms with Crippen LogP contribution in [-0.4, -0.2) is 28.6 Å². The molecule has 0 saturated carbocycles. The average molecular weight is 360 g/mol. The molecule has 8 heteroatoms. The monoisotopic (exact) mass is 360 g/mol. The lowest BCUT2D eigenvalue weighted by Gasteiger charge is -2.07. The van der Waals surface area contributed by atoms with E-state index in [1.165, 1.54) is 11.6 Å². The summed E-state index contributed by atoms with van der Waals surface area (Å²) in [6.45, 7) is 0.593. The first kappa shape index (κ1) is 17.3. The number of rotatable bonds is 6. The van der Waals surface area contributed by atoms with Gasteiger partial charge in [-0.2, -0.15) is 0 Å². The Kier molecular flexibility index (Phi) is 4.98. The molecule has 0 radical (unpaired) electrons. The third-order valence-electron chi connectivity index (χ3n) is 4.20. The Hall–Kier alpha value is -2.48. The second-order valence-electron chi connectivity index (χ2n) is 5.89. The minimum absolute atomic E-state index is 0.344. The van der Waals surface area contributed by atoms with Gasteiger partial charge in [0.15, 0.2) is 11.2 Å². The molecular weight excluding hydrogens is 340 g/mol. The third-order valence-corrected chi connectivity index (χ3v) is 5.66. The summed E-state index contributed by atoms with van der Waals surface area (Å²) in [6, 6.07) is 9.39. The average Bonchev–Trinajstić information content (AvgIpc) is 3.06. The fourth-order valence-corrected chi connectivity index (χ4v) is 3.93. The van der Waals surface area contributed by atoms with Gasteiger partial charge in [-0.3, -0.25) is 18.1 Å². The number of aromatic nitrogens is 4. The molecule has 0 saturated heterocycles. The highest BCUT2D eigenvalue weighted by atomic mass is 32.2. The first-order valence-electron chi connectivity index (χ1n) is 8.05. The summed E-state index contributed by atoms with van der Waals surface area (Å²) in [5, 5.41) is 0. The van der Waals surface area contributed by atoms with Crippen LogP contribution in [0, 0.1) is 0 Å². The molecule has 1 aromatic carbocycles.